The zero-order valence-electron chi connectivity index (χ0n) is 17.5. The number of hydrogen-bond donors (Lipinski definition) is 0. The van der Waals surface area contributed by atoms with Crippen molar-refractivity contribution >= 4 is 5.97 Å². The minimum absolute atomic E-state index is 0.104. The molecule has 0 amide bonds. The number of aromatic nitrogens is 1. The van der Waals surface area contributed by atoms with E-state index in [2.05, 4.69) is 4.98 Å². The van der Waals surface area contributed by atoms with Gasteiger partial charge in [-0.05, 0) is 18.1 Å². The second kappa shape index (κ2) is 9.71. The average Bonchev–Trinajstić information content (AvgIpc) is 2.79. The van der Waals surface area contributed by atoms with Crippen LogP contribution in [-0.4, -0.2) is 35.5 Å². The van der Waals surface area contributed by atoms with Gasteiger partial charge in [0.1, 0.15) is 12.4 Å². The van der Waals surface area contributed by atoms with Gasteiger partial charge in [0.25, 0.3) is 0 Å². The smallest absolute Gasteiger partial charge is 0.320 e. The number of carbonyl (C=O) groups excluding carboxylic acids is 1. The van der Waals surface area contributed by atoms with Gasteiger partial charge in [-0.3, -0.25) is 9.69 Å². The van der Waals surface area contributed by atoms with Gasteiger partial charge in [0.15, 0.2) is 0 Å². The normalized spacial score (nSPS) is 13.5. The Morgan fingerprint density at radius 2 is 1.94 bits per heavy atom. The molecule has 31 heavy (non-hydrogen) atoms. The third-order valence-corrected chi connectivity index (χ3v) is 5.30. The first kappa shape index (κ1) is 21.0. The third-order valence-electron chi connectivity index (χ3n) is 5.30. The third kappa shape index (κ3) is 5.09. The predicted molar refractivity (Wildman–Crippen MR) is 116 cm³/mol. The number of benzene rings is 2. The van der Waals surface area contributed by atoms with Crippen LogP contribution in [0.15, 0.2) is 60.7 Å². The molecule has 0 spiro atoms. The van der Waals surface area contributed by atoms with Gasteiger partial charge in [0.2, 0.25) is 5.88 Å². The lowest BCUT2D eigenvalue weighted by Gasteiger charge is -2.27. The highest BCUT2D eigenvalue weighted by Gasteiger charge is 2.20. The van der Waals surface area contributed by atoms with Gasteiger partial charge >= 0.3 is 5.97 Å². The SMILES string of the molecule is CCOC(=O)CN1CCc2nc(OCc3cccc(-c4ccccc4)c3F)ccc2C1. The van der Waals surface area contributed by atoms with E-state index in [1.165, 1.54) is 0 Å². The highest BCUT2D eigenvalue weighted by atomic mass is 19.1. The van der Waals surface area contributed by atoms with Crippen molar-refractivity contribution in [2.24, 2.45) is 0 Å². The summed E-state index contributed by atoms with van der Waals surface area (Å²) in [6, 6.07) is 18.6. The van der Waals surface area contributed by atoms with E-state index in [9.17, 15) is 9.18 Å². The molecule has 0 fully saturated rings. The average molecular weight is 420 g/mol. The van der Waals surface area contributed by atoms with Crippen LogP contribution < -0.4 is 4.74 Å². The Morgan fingerprint density at radius 3 is 2.74 bits per heavy atom. The van der Waals surface area contributed by atoms with E-state index in [1.54, 1.807) is 25.1 Å². The van der Waals surface area contributed by atoms with E-state index in [4.69, 9.17) is 9.47 Å². The summed E-state index contributed by atoms with van der Waals surface area (Å²) in [4.78, 5) is 18.4. The lowest BCUT2D eigenvalue weighted by molar-refractivity contribution is -0.144. The van der Waals surface area contributed by atoms with E-state index < -0.39 is 0 Å². The Morgan fingerprint density at radius 1 is 1.10 bits per heavy atom. The Hall–Kier alpha value is -3.25. The number of halogens is 1. The summed E-state index contributed by atoms with van der Waals surface area (Å²) < 4.78 is 25.8. The molecule has 4 rings (SSSR count). The van der Waals surface area contributed by atoms with Gasteiger partial charge in [0, 0.05) is 36.7 Å². The Balaban J connectivity index is 1.41. The van der Waals surface area contributed by atoms with Gasteiger partial charge in [-0.1, -0.05) is 54.6 Å². The van der Waals surface area contributed by atoms with Crippen molar-refractivity contribution in [3.8, 4) is 17.0 Å². The van der Waals surface area contributed by atoms with Crippen LogP contribution in [0, 0.1) is 5.82 Å². The molecule has 1 aliphatic rings. The van der Waals surface area contributed by atoms with E-state index in [0.717, 1.165) is 29.8 Å². The quantitative estimate of drug-likeness (QED) is 0.531. The molecule has 0 N–H and O–H groups in total. The van der Waals surface area contributed by atoms with Crippen LogP contribution in [0.25, 0.3) is 11.1 Å². The predicted octanol–water partition coefficient (Wildman–Crippen LogP) is 4.39. The number of hydrogen-bond acceptors (Lipinski definition) is 5. The molecular formula is C25H25FN2O3. The van der Waals surface area contributed by atoms with E-state index in [-0.39, 0.29) is 24.9 Å². The van der Waals surface area contributed by atoms with Crippen LogP contribution in [0.1, 0.15) is 23.7 Å². The monoisotopic (exact) mass is 420 g/mol. The Kier molecular flexibility index (Phi) is 6.57. The molecule has 0 saturated heterocycles. The molecule has 0 bridgehead atoms. The van der Waals surface area contributed by atoms with Crippen molar-refractivity contribution in [2.75, 3.05) is 19.7 Å². The molecule has 6 heteroatoms. The second-order valence-corrected chi connectivity index (χ2v) is 7.45. The van der Waals surface area contributed by atoms with Crippen molar-refractivity contribution in [3.63, 3.8) is 0 Å². The largest absolute Gasteiger partial charge is 0.473 e. The lowest BCUT2D eigenvalue weighted by Crippen LogP contribution is -2.36. The fourth-order valence-corrected chi connectivity index (χ4v) is 3.74. The molecule has 1 aromatic heterocycles. The molecule has 0 atom stereocenters. The molecule has 5 nitrogen and oxygen atoms in total. The first-order chi connectivity index (χ1) is 15.1. The number of ether oxygens (including phenoxy) is 2. The first-order valence-electron chi connectivity index (χ1n) is 10.5. The zero-order chi connectivity index (χ0) is 21.6. The topological polar surface area (TPSA) is 51.7 Å². The van der Waals surface area contributed by atoms with Gasteiger partial charge < -0.3 is 9.47 Å². The molecule has 0 saturated carbocycles. The Labute approximate surface area is 181 Å². The summed E-state index contributed by atoms with van der Waals surface area (Å²) in [6.07, 6.45) is 0.726. The standard InChI is InChI=1S/C25H25FN2O3/c1-2-30-24(29)16-28-14-13-22-19(15-28)11-12-23(27-22)31-17-20-9-6-10-21(25(20)26)18-7-4-3-5-8-18/h3-12H,2,13-17H2,1H3. The lowest BCUT2D eigenvalue weighted by atomic mass is 10.0. The first-order valence-corrected chi connectivity index (χ1v) is 10.5. The van der Waals surface area contributed by atoms with Crippen LogP contribution >= 0.6 is 0 Å². The fourth-order valence-electron chi connectivity index (χ4n) is 3.74. The molecule has 0 radical (unpaired) electrons. The van der Waals surface area contributed by atoms with Crippen molar-refractivity contribution in [2.45, 2.75) is 26.5 Å². The number of esters is 1. The molecule has 3 aromatic rings. The summed E-state index contributed by atoms with van der Waals surface area (Å²) in [5.41, 5.74) is 3.90. The van der Waals surface area contributed by atoms with E-state index >= 15 is 0 Å². The van der Waals surface area contributed by atoms with E-state index in [1.807, 2.05) is 47.4 Å². The van der Waals surface area contributed by atoms with Crippen LogP contribution in [-0.2, 0) is 29.1 Å². The number of carbonyl (C=O) groups is 1. The summed E-state index contributed by atoms with van der Waals surface area (Å²) in [5.74, 6) is -0.0120. The van der Waals surface area contributed by atoms with Crippen molar-refractivity contribution in [3.05, 3.63) is 83.3 Å². The number of nitrogens with zero attached hydrogens (tertiary/aromatic N) is 2. The Bertz CT molecular complexity index is 1060. The van der Waals surface area contributed by atoms with Gasteiger partial charge in [-0.2, -0.15) is 0 Å². The molecule has 160 valence electrons. The molecular weight excluding hydrogens is 395 g/mol. The van der Waals surface area contributed by atoms with Crippen LogP contribution in [0.2, 0.25) is 0 Å². The second-order valence-electron chi connectivity index (χ2n) is 7.45. The zero-order valence-corrected chi connectivity index (χ0v) is 17.5. The maximum Gasteiger partial charge on any atom is 0.320 e. The molecule has 0 aliphatic carbocycles. The fraction of sp³-hybridized carbons (Fsp3) is 0.280. The maximum atomic E-state index is 15.0. The molecule has 0 unspecified atom stereocenters. The number of rotatable bonds is 7. The van der Waals surface area contributed by atoms with Gasteiger partial charge in [0.05, 0.1) is 18.8 Å². The molecule has 2 heterocycles. The van der Waals surface area contributed by atoms with Crippen molar-refractivity contribution < 1.29 is 18.7 Å². The van der Waals surface area contributed by atoms with Crippen LogP contribution in [0.4, 0.5) is 4.39 Å². The van der Waals surface area contributed by atoms with Crippen molar-refractivity contribution in [1.82, 2.24) is 9.88 Å². The summed E-state index contributed by atoms with van der Waals surface area (Å²) in [7, 11) is 0. The summed E-state index contributed by atoms with van der Waals surface area (Å²) in [6.45, 7) is 3.96. The molecule has 1 aliphatic heterocycles. The van der Waals surface area contributed by atoms with Crippen LogP contribution in [0.5, 0.6) is 5.88 Å². The maximum absolute atomic E-state index is 15.0. The van der Waals surface area contributed by atoms with Crippen molar-refractivity contribution in [1.29, 1.82) is 0 Å². The summed E-state index contributed by atoms with van der Waals surface area (Å²) in [5, 5.41) is 0. The van der Waals surface area contributed by atoms with E-state index in [0.29, 0.717) is 30.2 Å². The molecule has 2 aromatic carbocycles. The van der Waals surface area contributed by atoms with Gasteiger partial charge in [-0.15, -0.1) is 0 Å². The minimum Gasteiger partial charge on any atom is -0.473 e. The summed E-state index contributed by atoms with van der Waals surface area (Å²) >= 11 is 0. The van der Waals surface area contributed by atoms with Gasteiger partial charge in [-0.25, -0.2) is 9.37 Å². The highest BCUT2D eigenvalue weighted by Crippen LogP contribution is 2.26. The minimum atomic E-state index is -0.277. The van der Waals surface area contributed by atoms with Crippen LogP contribution in [0.3, 0.4) is 0 Å². The highest BCUT2D eigenvalue weighted by molar-refractivity contribution is 5.71. The number of fused-ring (bicyclic) bond motifs is 1. The number of pyridine rings is 1.